The maximum atomic E-state index is 11.8. The van der Waals surface area contributed by atoms with Gasteiger partial charge in [0.2, 0.25) is 0 Å². The molecule has 2 aromatic rings. The highest BCUT2D eigenvalue weighted by atomic mass is 32.1. The summed E-state index contributed by atoms with van der Waals surface area (Å²) in [5, 5.41) is 2.03. The van der Waals surface area contributed by atoms with E-state index in [4.69, 9.17) is 4.74 Å². The summed E-state index contributed by atoms with van der Waals surface area (Å²) in [6.45, 7) is 0.420. The lowest BCUT2D eigenvalue weighted by Crippen LogP contribution is -2.00. The SMILES string of the molecule is O=C1OCC(c2cccs2)=C1CCc1ccccc1. The molecule has 3 rings (SSSR count). The fraction of sp³-hybridized carbons (Fsp3) is 0.188. The minimum atomic E-state index is -0.153. The normalized spacial score (nSPS) is 14.8. The summed E-state index contributed by atoms with van der Waals surface area (Å²) in [7, 11) is 0. The van der Waals surface area contributed by atoms with E-state index in [2.05, 4.69) is 12.1 Å². The van der Waals surface area contributed by atoms with Crippen LogP contribution in [-0.2, 0) is 16.0 Å². The maximum Gasteiger partial charge on any atom is 0.334 e. The summed E-state index contributed by atoms with van der Waals surface area (Å²) in [5.41, 5.74) is 3.16. The highest BCUT2D eigenvalue weighted by Crippen LogP contribution is 2.31. The summed E-state index contributed by atoms with van der Waals surface area (Å²) in [5.74, 6) is -0.153. The standard InChI is InChI=1S/C16H14O2S/c17-16-13(9-8-12-5-2-1-3-6-12)14(11-18-16)15-7-4-10-19-15/h1-7,10H,8-9,11H2. The van der Waals surface area contributed by atoms with Crippen molar-refractivity contribution in [3.63, 3.8) is 0 Å². The second-order valence-electron chi connectivity index (χ2n) is 4.50. The van der Waals surface area contributed by atoms with Crippen molar-refractivity contribution in [3.8, 4) is 0 Å². The van der Waals surface area contributed by atoms with Crippen LogP contribution < -0.4 is 0 Å². The number of ether oxygens (including phenoxy) is 1. The minimum Gasteiger partial charge on any atom is -0.457 e. The van der Waals surface area contributed by atoms with E-state index in [1.165, 1.54) is 5.56 Å². The molecular formula is C16H14O2S. The maximum absolute atomic E-state index is 11.8. The summed E-state index contributed by atoms with van der Waals surface area (Å²) in [4.78, 5) is 13.0. The molecule has 2 heterocycles. The van der Waals surface area contributed by atoms with Crippen LogP contribution in [0, 0.1) is 0 Å². The van der Waals surface area contributed by atoms with E-state index in [0.717, 1.165) is 28.9 Å². The number of carbonyl (C=O) groups excluding carboxylic acids is 1. The fourth-order valence-electron chi connectivity index (χ4n) is 2.27. The van der Waals surface area contributed by atoms with Gasteiger partial charge < -0.3 is 4.74 Å². The molecule has 0 atom stereocenters. The summed E-state index contributed by atoms with van der Waals surface area (Å²) < 4.78 is 5.18. The van der Waals surface area contributed by atoms with Gasteiger partial charge in [0.1, 0.15) is 6.61 Å². The van der Waals surface area contributed by atoms with Crippen molar-refractivity contribution in [2.24, 2.45) is 0 Å². The number of cyclic esters (lactones) is 1. The average molecular weight is 270 g/mol. The van der Waals surface area contributed by atoms with Gasteiger partial charge in [0, 0.05) is 16.0 Å². The van der Waals surface area contributed by atoms with Crippen LogP contribution in [0.1, 0.15) is 16.9 Å². The third kappa shape index (κ3) is 2.61. The van der Waals surface area contributed by atoms with Gasteiger partial charge in [0.05, 0.1) is 0 Å². The van der Waals surface area contributed by atoms with E-state index in [9.17, 15) is 4.79 Å². The van der Waals surface area contributed by atoms with Crippen molar-refractivity contribution in [1.82, 2.24) is 0 Å². The van der Waals surface area contributed by atoms with Crippen molar-refractivity contribution in [1.29, 1.82) is 0 Å². The predicted molar refractivity (Wildman–Crippen MR) is 77.0 cm³/mol. The Morgan fingerprint density at radius 1 is 1.05 bits per heavy atom. The predicted octanol–water partition coefficient (Wildman–Crippen LogP) is 3.69. The van der Waals surface area contributed by atoms with Gasteiger partial charge in [-0.1, -0.05) is 36.4 Å². The van der Waals surface area contributed by atoms with Crippen molar-refractivity contribution in [2.75, 3.05) is 6.61 Å². The van der Waals surface area contributed by atoms with Crippen LogP contribution in [0.5, 0.6) is 0 Å². The van der Waals surface area contributed by atoms with Gasteiger partial charge >= 0.3 is 5.97 Å². The van der Waals surface area contributed by atoms with Gasteiger partial charge in [0.15, 0.2) is 0 Å². The molecule has 19 heavy (non-hydrogen) atoms. The van der Waals surface area contributed by atoms with Gasteiger partial charge in [-0.15, -0.1) is 11.3 Å². The first-order valence-electron chi connectivity index (χ1n) is 6.31. The van der Waals surface area contributed by atoms with Crippen LogP contribution in [-0.4, -0.2) is 12.6 Å². The Hall–Kier alpha value is -1.87. The van der Waals surface area contributed by atoms with Crippen LogP contribution in [0.25, 0.3) is 5.57 Å². The van der Waals surface area contributed by atoms with Crippen LogP contribution in [0.15, 0.2) is 53.4 Å². The zero-order valence-electron chi connectivity index (χ0n) is 10.5. The average Bonchev–Trinajstić information content (AvgIpc) is 3.07. The molecule has 0 spiro atoms. The Kier molecular flexibility index (Phi) is 3.47. The third-order valence-electron chi connectivity index (χ3n) is 3.28. The molecule has 0 unspecified atom stereocenters. The molecule has 0 bridgehead atoms. The van der Waals surface area contributed by atoms with Gasteiger partial charge in [-0.25, -0.2) is 4.79 Å². The molecule has 0 saturated carbocycles. The molecule has 0 N–H and O–H groups in total. The zero-order chi connectivity index (χ0) is 13.1. The molecular weight excluding hydrogens is 256 g/mol. The first-order valence-corrected chi connectivity index (χ1v) is 7.19. The highest BCUT2D eigenvalue weighted by Gasteiger charge is 2.25. The molecule has 1 aliphatic rings. The van der Waals surface area contributed by atoms with E-state index < -0.39 is 0 Å². The number of benzene rings is 1. The monoisotopic (exact) mass is 270 g/mol. The number of carbonyl (C=O) groups is 1. The van der Waals surface area contributed by atoms with Crippen molar-refractivity contribution < 1.29 is 9.53 Å². The Labute approximate surface area is 116 Å². The first kappa shape index (κ1) is 12.2. The zero-order valence-corrected chi connectivity index (χ0v) is 11.3. The van der Waals surface area contributed by atoms with Gasteiger partial charge in [0.25, 0.3) is 0 Å². The van der Waals surface area contributed by atoms with Gasteiger partial charge in [-0.05, 0) is 29.9 Å². The molecule has 0 fully saturated rings. The van der Waals surface area contributed by atoms with Crippen molar-refractivity contribution in [3.05, 3.63) is 63.9 Å². The number of rotatable bonds is 4. The molecule has 1 aliphatic heterocycles. The molecule has 0 amide bonds. The first-order chi connectivity index (χ1) is 9.34. The van der Waals surface area contributed by atoms with E-state index in [1.54, 1.807) is 11.3 Å². The Morgan fingerprint density at radius 3 is 2.63 bits per heavy atom. The number of aryl methyl sites for hydroxylation is 1. The molecule has 96 valence electrons. The molecule has 0 radical (unpaired) electrons. The topological polar surface area (TPSA) is 26.3 Å². The highest BCUT2D eigenvalue weighted by molar-refractivity contribution is 7.11. The largest absolute Gasteiger partial charge is 0.457 e. The van der Waals surface area contributed by atoms with Crippen LogP contribution in [0.2, 0.25) is 0 Å². The Morgan fingerprint density at radius 2 is 1.89 bits per heavy atom. The van der Waals surface area contributed by atoms with Gasteiger partial charge in [-0.3, -0.25) is 0 Å². The second kappa shape index (κ2) is 5.41. The molecule has 1 aromatic carbocycles. The number of esters is 1. The Bertz CT molecular complexity index is 597. The van der Waals surface area contributed by atoms with Crippen LogP contribution >= 0.6 is 11.3 Å². The molecule has 0 aliphatic carbocycles. The van der Waals surface area contributed by atoms with Crippen molar-refractivity contribution >= 4 is 22.9 Å². The molecule has 1 aromatic heterocycles. The summed E-state index contributed by atoms with van der Waals surface area (Å²) >= 11 is 1.66. The quantitative estimate of drug-likeness (QED) is 0.792. The lowest BCUT2D eigenvalue weighted by Gasteiger charge is -2.02. The Balaban J connectivity index is 1.81. The number of hydrogen-bond donors (Lipinski definition) is 0. The fourth-order valence-corrected chi connectivity index (χ4v) is 3.06. The summed E-state index contributed by atoms with van der Waals surface area (Å²) in [6.07, 6.45) is 1.62. The molecule has 0 saturated heterocycles. The second-order valence-corrected chi connectivity index (χ2v) is 5.44. The third-order valence-corrected chi connectivity index (χ3v) is 4.21. The van der Waals surface area contributed by atoms with E-state index >= 15 is 0 Å². The minimum absolute atomic E-state index is 0.153. The van der Waals surface area contributed by atoms with E-state index in [0.29, 0.717) is 6.61 Å². The van der Waals surface area contributed by atoms with Crippen LogP contribution in [0.3, 0.4) is 0 Å². The lowest BCUT2D eigenvalue weighted by molar-refractivity contribution is -0.136. The smallest absolute Gasteiger partial charge is 0.334 e. The molecule has 2 nitrogen and oxygen atoms in total. The summed E-state index contributed by atoms with van der Waals surface area (Å²) in [6, 6.07) is 14.3. The van der Waals surface area contributed by atoms with Crippen molar-refractivity contribution in [2.45, 2.75) is 12.8 Å². The van der Waals surface area contributed by atoms with Crippen LogP contribution in [0.4, 0.5) is 0 Å². The number of thiophene rings is 1. The van der Waals surface area contributed by atoms with E-state index in [1.807, 2.05) is 35.7 Å². The number of hydrogen-bond acceptors (Lipinski definition) is 3. The van der Waals surface area contributed by atoms with E-state index in [-0.39, 0.29) is 5.97 Å². The lowest BCUT2D eigenvalue weighted by atomic mass is 10.0. The molecule has 3 heteroatoms. The van der Waals surface area contributed by atoms with Gasteiger partial charge in [-0.2, -0.15) is 0 Å².